The first-order chi connectivity index (χ1) is 25.9. The van der Waals surface area contributed by atoms with Crippen LogP contribution in [0.4, 0.5) is 11.4 Å². The largest absolute Gasteiger partial charge is 0.469 e. The lowest BCUT2D eigenvalue weighted by atomic mass is 10.0. The van der Waals surface area contributed by atoms with Crippen molar-refractivity contribution in [3.63, 3.8) is 0 Å². The van der Waals surface area contributed by atoms with Crippen molar-refractivity contribution < 1.29 is 33.1 Å². The molecule has 2 heterocycles. The molecule has 1 saturated heterocycles. The highest BCUT2D eigenvalue weighted by atomic mass is 32.2. The minimum absolute atomic E-state index is 0.00741. The van der Waals surface area contributed by atoms with E-state index in [4.69, 9.17) is 18.9 Å². The molecule has 53 heavy (non-hydrogen) atoms. The van der Waals surface area contributed by atoms with Gasteiger partial charge in [0.1, 0.15) is 5.69 Å². The van der Waals surface area contributed by atoms with E-state index in [1.807, 2.05) is 84.9 Å². The van der Waals surface area contributed by atoms with E-state index in [9.17, 15) is 19.7 Å². The molecule has 1 fully saturated rings. The van der Waals surface area contributed by atoms with E-state index in [0.717, 1.165) is 53.6 Å². The monoisotopic (exact) mass is 735 g/mol. The lowest BCUT2D eigenvalue weighted by Gasteiger charge is -2.36. The number of thioether (sulfide) groups is 1. The van der Waals surface area contributed by atoms with Gasteiger partial charge in [0.2, 0.25) is 5.91 Å². The number of rotatable bonds is 16. The summed E-state index contributed by atoms with van der Waals surface area (Å²) >= 11 is 1.46. The highest BCUT2D eigenvalue weighted by Crippen LogP contribution is 2.41. The first-order valence-corrected chi connectivity index (χ1v) is 18.6. The summed E-state index contributed by atoms with van der Waals surface area (Å²) in [4.78, 5) is 39.6. The summed E-state index contributed by atoms with van der Waals surface area (Å²) in [6.45, 7) is 0. The predicted octanol–water partition coefficient (Wildman–Crippen LogP) is 9.71. The summed E-state index contributed by atoms with van der Waals surface area (Å²) in [6.07, 6.45) is 3.08. The first-order valence-electron chi connectivity index (χ1n) is 17.6. The van der Waals surface area contributed by atoms with Crippen molar-refractivity contribution in [3.8, 4) is 22.6 Å². The van der Waals surface area contributed by atoms with Crippen LogP contribution in [0, 0.1) is 10.1 Å². The highest BCUT2D eigenvalue weighted by molar-refractivity contribution is 7.99. The Kier molecular flexibility index (Phi) is 13.0. The van der Waals surface area contributed by atoms with E-state index in [2.05, 4.69) is 10.1 Å². The van der Waals surface area contributed by atoms with Crippen molar-refractivity contribution in [1.82, 2.24) is 4.98 Å². The molecule has 0 saturated carbocycles. The zero-order valence-electron chi connectivity index (χ0n) is 29.3. The fourth-order valence-corrected chi connectivity index (χ4v) is 6.90. The maximum Gasteiger partial charge on any atom is 0.305 e. The molecule has 1 aromatic heterocycles. The van der Waals surface area contributed by atoms with Crippen molar-refractivity contribution >= 4 is 35.0 Å². The van der Waals surface area contributed by atoms with Gasteiger partial charge in [0, 0.05) is 59.5 Å². The molecule has 0 radical (unpaired) electrons. The number of ether oxygens (including phenoxy) is 3. The van der Waals surface area contributed by atoms with Gasteiger partial charge in [-0.05, 0) is 42.7 Å². The fourth-order valence-electron chi connectivity index (χ4n) is 6.06. The van der Waals surface area contributed by atoms with Crippen LogP contribution in [0.5, 0.6) is 0 Å². The van der Waals surface area contributed by atoms with Gasteiger partial charge in [-0.2, -0.15) is 0 Å². The molecule has 274 valence electrons. The van der Waals surface area contributed by atoms with Crippen LogP contribution in [0.2, 0.25) is 0 Å². The number of benzene rings is 4. The minimum atomic E-state index is -0.728. The molecule has 0 bridgehead atoms. The van der Waals surface area contributed by atoms with Crippen LogP contribution in [-0.4, -0.2) is 40.8 Å². The van der Waals surface area contributed by atoms with Crippen LogP contribution < -0.4 is 5.32 Å². The molecule has 0 spiro atoms. The van der Waals surface area contributed by atoms with E-state index < -0.39 is 17.3 Å². The highest BCUT2D eigenvalue weighted by Gasteiger charge is 2.33. The van der Waals surface area contributed by atoms with Gasteiger partial charge < -0.3 is 23.9 Å². The first kappa shape index (κ1) is 37.5. The quantitative estimate of drug-likeness (QED) is 0.0342. The smallest absolute Gasteiger partial charge is 0.305 e. The van der Waals surface area contributed by atoms with Gasteiger partial charge in [0.05, 0.1) is 24.2 Å². The number of methoxy groups -OCH3 is 1. The minimum Gasteiger partial charge on any atom is -0.469 e. The maximum atomic E-state index is 12.6. The number of esters is 1. The van der Waals surface area contributed by atoms with E-state index in [-0.39, 0.29) is 23.7 Å². The zero-order chi connectivity index (χ0) is 37.0. The molecule has 11 nitrogen and oxygen atoms in total. The summed E-state index contributed by atoms with van der Waals surface area (Å²) in [5, 5.41) is 14.8. The predicted molar refractivity (Wildman–Crippen MR) is 202 cm³/mol. The number of nitrogens with one attached hydrogen (secondary N) is 1. The Morgan fingerprint density at radius 2 is 1.47 bits per heavy atom. The zero-order valence-corrected chi connectivity index (χ0v) is 30.2. The van der Waals surface area contributed by atoms with E-state index in [1.165, 1.54) is 31.0 Å². The number of aromatic nitrogens is 1. The second-order valence-corrected chi connectivity index (χ2v) is 13.6. The number of nitro benzene ring substituents is 1. The van der Waals surface area contributed by atoms with Gasteiger partial charge in [0.25, 0.3) is 10.9 Å². The number of amides is 1. The van der Waals surface area contributed by atoms with Gasteiger partial charge >= 0.3 is 5.97 Å². The third kappa shape index (κ3) is 10.4. The molecule has 6 rings (SSSR count). The molecule has 5 aromatic rings. The van der Waals surface area contributed by atoms with Crippen LogP contribution in [0.25, 0.3) is 22.6 Å². The van der Waals surface area contributed by atoms with E-state index in [1.54, 1.807) is 12.1 Å². The topological polar surface area (TPSA) is 143 Å². The standard InChI is InChI=1S/C41H41N3O8S/c1-49-37(46)17-11-3-2-10-16-36(45)42-32-22-18-31(19-23-32)40-50-34(26-35(51-40)28-20-24-33(25-21-28)44(47)48)27-53-41-43-38(29-12-6-4-7-13-29)39(52-41)30-14-8-5-9-15-30/h4-9,12-15,18-25,34-35,40H,2-3,10-11,16-17,26-27H2,1H3,(H,42,45). The fraction of sp³-hybridized carbons (Fsp3) is 0.293. The lowest BCUT2D eigenvalue weighted by molar-refractivity contribution is -0.384. The van der Waals surface area contributed by atoms with Crippen molar-refractivity contribution in [2.75, 3.05) is 18.2 Å². The van der Waals surface area contributed by atoms with Crippen LogP contribution in [-0.2, 0) is 23.8 Å². The molecule has 12 heteroatoms. The van der Waals surface area contributed by atoms with Crippen molar-refractivity contribution in [3.05, 3.63) is 130 Å². The maximum absolute atomic E-state index is 12.6. The average molecular weight is 736 g/mol. The van der Waals surface area contributed by atoms with Gasteiger partial charge in [-0.3, -0.25) is 19.7 Å². The summed E-state index contributed by atoms with van der Waals surface area (Å²) in [6, 6.07) is 33.6. The Hall–Kier alpha value is -5.30. The van der Waals surface area contributed by atoms with Gasteiger partial charge in [-0.15, -0.1) is 0 Å². The van der Waals surface area contributed by atoms with Gasteiger partial charge in [0.15, 0.2) is 12.1 Å². The normalized spacial score (nSPS) is 16.9. The third-order valence-electron chi connectivity index (χ3n) is 8.87. The number of carbonyl (C=O) groups is 2. The molecular formula is C41H41N3O8S. The Morgan fingerprint density at radius 3 is 2.13 bits per heavy atom. The molecule has 1 aliphatic rings. The summed E-state index contributed by atoms with van der Waals surface area (Å²) in [5.74, 6) is 0.913. The molecule has 3 atom stereocenters. The van der Waals surface area contributed by atoms with Crippen LogP contribution in [0.3, 0.4) is 0 Å². The Bertz CT molecular complexity index is 1900. The molecule has 1 aliphatic heterocycles. The molecule has 4 aromatic carbocycles. The van der Waals surface area contributed by atoms with Crippen molar-refractivity contribution in [1.29, 1.82) is 0 Å². The van der Waals surface area contributed by atoms with Crippen LogP contribution in [0.15, 0.2) is 119 Å². The number of hydrogen-bond donors (Lipinski definition) is 1. The number of anilines is 1. The molecule has 1 amide bonds. The lowest BCUT2D eigenvalue weighted by Crippen LogP contribution is -2.31. The summed E-state index contributed by atoms with van der Waals surface area (Å²) in [7, 11) is 1.38. The van der Waals surface area contributed by atoms with Crippen molar-refractivity contribution in [2.45, 2.75) is 68.7 Å². The van der Waals surface area contributed by atoms with Crippen molar-refractivity contribution in [2.24, 2.45) is 0 Å². The number of hydrogen-bond acceptors (Lipinski definition) is 10. The van der Waals surface area contributed by atoms with Crippen LogP contribution in [0.1, 0.15) is 68.5 Å². The molecule has 3 unspecified atom stereocenters. The molecule has 1 N–H and O–H groups in total. The van der Waals surface area contributed by atoms with E-state index >= 15 is 0 Å². The average Bonchev–Trinajstić information content (AvgIpc) is 3.63. The van der Waals surface area contributed by atoms with Crippen LogP contribution >= 0.6 is 11.8 Å². The molecular weight excluding hydrogens is 695 g/mol. The number of carbonyl (C=O) groups excluding carboxylic acids is 2. The number of unbranched alkanes of at least 4 members (excludes halogenated alkanes) is 3. The number of oxazole rings is 1. The van der Waals surface area contributed by atoms with Gasteiger partial charge in [-0.25, -0.2) is 4.98 Å². The third-order valence-corrected chi connectivity index (χ3v) is 9.83. The molecule has 0 aliphatic carbocycles. The number of nitrogens with zero attached hydrogens (tertiary/aromatic N) is 2. The van der Waals surface area contributed by atoms with Gasteiger partial charge in [-0.1, -0.05) is 97.4 Å². The SMILES string of the molecule is COC(=O)CCCCCCC(=O)Nc1ccc(C2OC(CSc3nc(-c4ccccc4)c(-c4ccccc4)o3)CC(c3ccc([N+](=O)[O-])cc3)O2)cc1. The Balaban J connectivity index is 1.13. The van der Waals surface area contributed by atoms with E-state index in [0.29, 0.717) is 41.7 Å². The summed E-state index contributed by atoms with van der Waals surface area (Å²) in [5.41, 5.74) is 4.88. The number of non-ortho nitro benzene ring substituents is 1. The Labute approximate surface area is 312 Å². The summed E-state index contributed by atoms with van der Waals surface area (Å²) < 4.78 is 24.0. The number of nitro groups is 1. The Morgan fingerprint density at radius 1 is 0.830 bits per heavy atom. The second kappa shape index (κ2) is 18.5. The second-order valence-electron chi connectivity index (χ2n) is 12.7.